The number of fused-ring (bicyclic) bond motifs is 1. The van der Waals surface area contributed by atoms with Gasteiger partial charge in [-0.2, -0.15) is 0 Å². The average Bonchev–Trinajstić information content (AvgIpc) is 4.19. The van der Waals surface area contributed by atoms with E-state index < -0.39 is 24.3 Å². The van der Waals surface area contributed by atoms with Gasteiger partial charge in [-0.15, -0.1) is 0 Å². The van der Waals surface area contributed by atoms with Gasteiger partial charge in [0, 0.05) is 25.3 Å². The van der Waals surface area contributed by atoms with Crippen LogP contribution in [0.1, 0.15) is 87.7 Å². The van der Waals surface area contributed by atoms with Crippen molar-refractivity contribution in [2.24, 2.45) is 5.92 Å². The summed E-state index contributed by atoms with van der Waals surface area (Å²) in [5.41, 5.74) is 6.61. The van der Waals surface area contributed by atoms with Gasteiger partial charge in [-0.25, -0.2) is 14.8 Å². The number of likely N-dealkylation sites (tertiary alicyclic amines) is 2. The minimum atomic E-state index is -0.821. The largest absolute Gasteiger partial charge is 0.453 e. The number of methoxy groups -OCH3 is 1. The molecule has 3 aliphatic rings. The maximum absolute atomic E-state index is 14.2. The number of nitrogens with one attached hydrogen (secondary N) is 4. The van der Waals surface area contributed by atoms with Gasteiger partial charge in [0.25, 0.3) is 0 Å². The van der Waals surface area contributed by atoms with E-state index in [1.54, 1.807) is 0 Å². The van der Waals surface area contributed by atoms with Gasteiger partial charge in [-0.1, -0.05) is 92.7 Å². The molecule has 9 rings (SSSR count). The Labute approximate surface area is 372 Å². The van der Waals surface area contributed by atoms with Crippen LogP contribution in [0.2, 0.25) is 0 Å². The standard InChI is InChI=1S/C50H54N8O6/c1-30(2)43(56-50(62)63-3)48(60)57-23-7-12-40(57)46-52-29-39(54-46)37-22-21-35-26-34(19-20-36(35)27-37)31-15-17-32(18-16-31)38-28-51-45(53-38)41-13-8-24-58(41)49(61)44(33-10-5-4-6-11-33)55-47(59)42-14-9-25-64-42/h4-6,10-11,15-22,26-30,40-44H,7-9,12-14,23-25H2,1-3H3,(H,51,53)(H,52,54)(H,55,59)(H,56,62)/t40-,41-,42+,43-,44+/m0/s1. The second-order valence-electron chi connectivity index (χ2n) is 17.3. The summed E-state index contributed by atoms with van der Waals surface area (Å²) < 4.78 is 10.4. The van der Waals surface area contributed by atoms with Crippen LogP contribution in [0, 0.1) is 5.92 Å². The number of amides is 4. The lowest BCUT2D eigenvalue weighted by Crippen LogP contribution is -2.51. The molecule has 4 N–H and O–H groups in total. The van der Waals surface area contributed by atoms with E-state index in [1.165, 1.54) is 7.11 Å². The van der Waals surface area contributed by atoms with Crippen molar-refractivity contribution in [3.8, 4) is 33.6 Å². The molecule has 3 saturated heterocycles. The van der Waals surface area contributed by atoms with Crippen molar-refractivity contribution < 1.29 is 28.7 Å². The molecule has 3 aliphatic heterocycles. The number of rotatable bonds is 12. The Morgan fingerprint density at radius 1 is 0.688 bits per heavy atom. The van der Waals surface area contributed by atoms with E-state index in [0.717, 1.165) is 93.7 Å². The number of hydrogen-bond acceptors (Lipinski definition) is 8. The van der Waals surface area contributed by atoms with Crippen molar-refractivity contribution in [2.45, 2.75) is 82.6 Å². The molecular weight excluding hydrogens is 809 g/mol. The van der Waals surface area contributed by atoms with Gasteiger partial charge < -0.3 is 39.9 Å². The number of H-pyrrole nitrogens is 2. The van der Waals surface area contributed by atoms with Gasteiger partial charge in [-0.05, 0) is 89.6 Å². The summed E-state index contributed by atoms with van der Waals surface area (Å²) in [5, 5.41) is 7.90. The van der Waals surface area contributed by atoms with Crippen LogP contribution < -0.4 is 10.6 Å². The van der Waals surface area contributed by atoms with Crippen molar-refractivity contribution in [1.82, 2.24) is 40.4 Å². The Hall–Kier alpha value is -6.80. The molecule has 0 spiro atoms. The molecule has 0 aliphatic carbocycles. The Bertz CT molecular complexity index is 2640. The number of ether oxygens (including phenoxy) is 2. The van der Waals surface area contributed by atoms with Gasteiger partial charge in [0.05, 0.1) is 43.0 Å². The number of carbonyl (C=O) groups excluding carboxylic acids is 4. The highest BCUT2D eigenvalue weighted by Gasteiger charge is 2.39. The number of carbonyl (C=O) groups is 4. The zero-order valence-corrected chi connectivity index (χ0v) is 36.4. The van der Waals surface area contributed by atoms with Gasteiger partial charge in [0.2, 0.25) is 17.7 Å². The molecule has 14 heteroatoms. The van der Waals surface area contributed by atoms with Crippen molar-refractivity contribution in [1.29, 1.82) is 0 Å². The number of alkyl carbamates (subject to hydrolysis) is 1. The topological polar surface area (TPSA) is 175 Å². The summed E-state index contributed by atoms with van der Waals surface area (Å²) in [6.07, 6.45) is 7.20. The Morgan fingerprint density at radius 2 is 1.27 bits per heavy atom. The Kier molecular flexibility index (Phi) is 12.3. The molecule has 0 unspecified atom stereocenters. The lowest BCUT2D eigenvalue weighted by molar-refractivity contribution is -0.140. The third-order valence-electron chi connectivity index (χ3n) is 12.9. The molecule has 64 heavy (non-hydrogen) atoms. The molecule has 0 saturated carbocycles. The molecule has 3 fully saturated rings. The van der Waals surface area contributed by atoms with Crippen LogP contribution in [0.25, 0.3) is 44.4 Å². The van der Waals surface area contributed by atoms with E-state index in [2.05, 4.69) is 81.3 Å². The van der Waals surface area contributed by atoms with E-state index in [4.69, 9.17) is 19.4 Å². The van der Waals surface area contributed by atoms with Crippen LogP contribution in [0.4, 0.5) is 4.79 Å². The van der Waals surface area contributed by atoms with E-state index in [1.807, 2.05) is 66.4 Å². The third-order valence-corrected chi connectivity index (χ3v) is 12.9. The Balaban J connectivity index is 0.867. The molecule has 5 atom stereocenters. The van der Waals surface area contributed by atoms with Crippen LogP contribution in [0.15, 0.2) is 103 Å². The molecule has 330 valence electrons. The molecule has 14 nitrogen and oxygen atoms in total. The van der Waals surface area contributed by atoms with Gasteiger partial charge in [0.1, 0.15) is 29.8 Å². The number of hydrogen-bond donors (Lipinski definition) is 4. The summed E-state index contributed by atoms with van der Waals surface area (Å²) in [7, 11) is 1.29. The SMILES string of the molecule is COC(=O)N[C@H](C(=O)N1CCC[C@H]1c1ncc(-c2ccc3cc(-c4ccc(-c5cnc([C@@H]6CCCN6C(=O)[C@H](NC(=O)[C@H]6CCCO6)c6ccccc6)[nH]5)cc4)ccc3c2)[nH]1)C(C)C. The number of nitrogens with zero attached hydrogens (tertiary/aromatic N) is 4. The fraction of sp³-hybridized carbons (Fsp3) is 0.360. The minimum Gasteiger partial charge on any atom is -0.453 e. The first-order chi connectivity index (χ1) is 31.1. The van der Waals surface area contributed by atoms with Crippen LogP contribution in [0.5, 0.6) is 0 Å². The van der Waals surface area contributed by atoms with Crippen LogP contribution in [-0.4, -0.2) is 92.5 Å². The number of aromatic amines is 2. The lowest BCUT2D eigenvalue weighted by atomic mass is 9.98. The molecule has 4 aromatic carbocycles. The van der Waals surface area contributed by atoms with Crippen molar-refractivity contribution >= 4 is 34.6 Å². The molecule has 0 radical (unpaired) electrons. The smallest absolute Gasteiger partial charge is 0.407 e. The van der Waals surface area contributed by atoms with E-state index in [0.29, 0.717) is 26.1 Å². The van der Waals surface area contributed by atoms with E-state index in [9.17, 15) is 19.2 Å². The van der Waals surface area contributed by atoms with Crippen molar-refractivity contribution in [3.05, 3.63) is 121 Å². The maximum atomic E-state index is 14.2. The van der Waals surface area contributed by atoms with Gasteiger partial charge >= 0.3 is 6.09 Å². The highest BCUT2D eigenvalue weighted by atomic mass is 16.5. The molecule has 6 aromatic rings. The summed E-state index contributed by atoms with van der Waals surface area (Å²) in [6, 6.07) is 28.6. The monoisotopic (exact) mass is 862 g/mol. The number of benzene rings is 4. The fourth-order valence-corrected chi connectivity index (χ4v) is 9.37. The van der Waals surface area contributed by atoms with E-state index >= 15 is 0 Å². The highest BCUT2D eigenvalue weighted by Crippen LogP contribution is 2.36. The molecule has 5 heterocycles. The van der Waals surface area contributed by atoms with Crippen LogP contribution in [0.3, 0.4) is 0 Å². The quantitative estimate of drug-likeness (QED) is 0.0957. The number of aromatic nitrogens is 4. The first-order valence-electron chi connectivity index (χ1n) is 22.3. The first kappa shape index (κ1) is 42.5. The summed E-state index contributed by atoms with van der Waals surface area (Å²) in [4.78, 5) is 73.2. The third kappa shape index (κ3) is 8.74. The number of imidazole rings is 2. The van der Waals surface area contributed by atoms with E-state index in [-0.39, 0.29) is 35.7 Å². The minimum absolute atomic E-state index is 0.108. The average molecular weight is 863 g/mol. The molecular formula is C50H54N8O6. The molecule has 0 bridgehead atoms. The maximum Gasteiger partial charge on any atom is 0.407 e. The zero-order chi connectivity index (χ0) is 44.3. The van der Waals surface area contributed by atoms with Crippen LogP contribution in [-0.2, 0) is 23.9 Å². The van der Waals surface area contributed by atoms with Gasteiger partial charge in [0.15, 0.2) is 0 Å². The van der Waals surface area contributed by atoms with Gasteiger partial charge in [-0.3, -0.25) is 14.4 Å². The fourth-order valence-electron chi connectivity index (χ4n) is 9.37. The predicted octanol–water partition coefficient (Wildman–Crippen LogP) is 8.03. The summed E-state index contributed by atoms with van der Waals surface area (Å²) >= 11 is 0. The Morgan fingerprint density at radius 3 is 1.88 bits per heavy atom. The zero-order valence-electron chi connectivity index (χ0n) is 36.4. The summed E-state index contributed by atoms with van der Waals surface area (Å²) in [5.74, 6) is 0.799. The highest BCUT2D eigenvalue weighted by molar-refractivity contribution is 5.92. The first-order valence-corrected chi connectivity index (χ1v) is 22.3. The predicted molar refractivity (Wildman–Crippen MR) is 242 cm³/mol. The van der Waals surface area contributed by atoms with Crippen molar-refractivity contribution in [3.63, 3.8) is 0 Å². The lowest BCUT2D eigenvalue weighted by Gasteiger charge is -2.30. The molecule has 2 aromatic heterocycles. The van der Waals surface area contributed by atoms with Crippen LogP contribution >= 0.6 is 0 Å². The second-order valence-corrected chi connectivity index (χ2v) is 17.3. The van der Waals surface area contributed by atoms with Crippen molar-refractivity contribution in [2.75, 3.05) is 26.8 Å². The normalized spacial score (nSPS) is 19.5. The molecule has 4 amide bonds. The summed E-state index contributed by atoms with van der Waals surface area (Å²) in [6.45, 7) is 5.53. The second kappa shape index (κ2) is 18.5.